The molecule has 1 heterocycles. The van der Waals surface area contributed by atoms with Gasteiger partial charge in [-0.3, -0.25) is 4.99 Å². The summed E-state index contributed by atoms with van der Waals surface area (Å²) in [7, 11) is 6.26. The van der Waals surface area contributed by atoms with E-state index in [-0.39, 0.29) is 6.04 Å². The van der Waals surface area contributed by atoms with Gasteiger partial charge in [-0.2, -0.15) is 0 Å². The van der Waals surface area contributed by atoms with E-state index in [0.29, 0.717) is 6.54 Å². The lowest BCUT2D eigenvalue weighted by Crippen LogP contribution is -2.39. The van der Waals surface area contributed by atoms with Crippen LogP contribution in [-0.2, 0) is 6.54 Å². The van der Waals surface area contributed by atoms with Crippen molar-refractivity contribution in [2.45, 2.75) is 26.4 Å². The first-order valence-corrected chi connectivity index (χ1v) is 9.51. The van der Waals surface area contributed by atoms with Gasteiger partial charge in [0.05, 0.1) is 29.8 Å². The zero-order valence-corrected chi connectivity index (χ0v) is 16.7. The molecule has 25 heavy (non-hydrogen) atoms. The Morgan fingerprint density at radius 2 is 1.96 bits per heavy atom. The molecule has 0 aliphatic rings. The number of thiazole rings is 1. The maximum absolute atomic E-state index is 4.88. The molecule has 2 rings (SSSR count). The number of guanidine groups is 1. The Morgan fingerprint density at radius 1 is 1.24 bits per heavy atom. The molecule has 136 valence electrons. The molecule has 1 atom stereocenters. The normalized spacial score (nSPS) is 13.1. The molecule has 0 amide bonds. The minimum absolute atomic E-state index is 0.254. The van der Waals surface area contributed by atoms with Crippen LogP contribution in [-0.4, -0.2) is 55.0 Å². The molecule has 1 aromatic heterocycles. The summed E-state index contributed by atoms with van der Waals surface area (Å²) in [6.45, 7) is 6.44. The van der Waals surface area contributed by atoms with Gasteiger partial charge < -0.3 is 15.1 Å². The zero-order chi connectivity index (χ0) is 18.2. The van der Waals surface area contributed by atoms with Gasteiger partial charge in [-0.25, -0.2) is 4.98 Å². The van der Waals surface area contributed by atoms with Crippen LogP contribution in [0.15, 0.2) is 40.7 Å². The smallest absolute Gasteiger partial charge is 0.194 e. The lowest BCUT2D eigenvalue weighted by molar-refractivity contribution is 0.305. The fraction of sp³-hybridized carbons (Fsp3) is 0.474. The van der Waals surface area contributed by atoms with E-state index in [2.05, 4.69) is 77.8 Å². The molecular formula is C19H29N5S. The van der Waals surface area contributed by atoms with Gasteiger partial charge in [-0.05, 0) is 33.5 Å². The number of hydrogen-bond acceptors (Lipinski definition) is 4. The van der Waals surface area contributed by atoms with Crippen LogP contribution >= 0.6 is 11.3 Å². The minimum Gasteiger partial charge on any atom is -0.357 e. The van der Waals surface area contributed by atoms with Crippen molar-refractivity contribution >= 4 is 17.3 Å². The first-order chi connectivity index (χ1) is 12.0. The van der Waals surface area contributed by atoms with Gasteiger partial charge in [0.1, 0.15) is 0 Å². The van der Waals surface area contributed by atoms with Crippen LogP contribution < -0.4 is 5.32 Å². The first-order valence-electron chi connectivity index (χ1n) is 8.63. The van der Waals surface area contributed by atoms with E-state index in [1.807, 2.05) is 13.0 Å². The third-order valence-electron chi connectivity index (χ3n) is 3.98. The van der Waals surface area contributed by atoms with E-state index in [1.165, 1.54) is 5.56 Å². The highest BCUT2D eigenvalue weighted by atomic mass is 32.1. The Bertz CT molecular complexity index is 665. The van der Waals surface area contributed by atoms with Gasteiger partial charge in [-0.1, -0.05) is 30.3 Å². The van der Waals surface area contributed by atoms with Gasteiger partial charge >= 0.3 is 0 Å². The van der Waals surface area contributed by atoms with Crippen molar-refractivity contribution < 1.29 is 0 Å². The molecule has 2 aromatic rings. The quantitative estimate of drug-likeness (QED) is 0.609. The first kappa shape index (κ1) is 19.4. The number of nitrogens with one attached hydrogen (secondary N) is 1. The number of benzene rings is 1. The zero-order valence-electron chi connectivity index (χ0n) is 15.9. The van der Waals surface area contributed by atoms with Crippen molar-refractivity contribution in [2.24, 2.45) is 4.99 Å². The van der Waals surface area contributed by atoms with Gasteiger partial charge in [0.15, 0.2) is 5.96 Å². The number of likely N-dealkylation sites (N-methyl/N-ethyl adjacent to an activating group) is 1. The van der Waals surface area contributed by atoms with Crippen LogP contribution in [0.2, 0.25) is 0 Å². The van der Waals surface area contributed by atoms with E-state index in [1.54, 1.807) is 11.3 Å². The Balaban J connectivity index is 2.11. The highest BCUT2D eigenvalue weighted by Gasteiger charge is 2.15. The van der Waals surface area contributed by atoms with Crippen LogP contribution in [0.1, 0.15) is 29.2 Å². The molecule has 1 unspecified atom stereocenters. The molecule has 6 heteroatoms. The summed E-state index contributed by atoms with van der Waals surface area (Å²) in [5, 5.41) is 6.60. The number of rotatable bonds is 7. The third kappa shape index (κ3) is 5.83. The summed E-state index contributed by atoms with van der Waals surface area (Å²) in [6.07, 6.45) is 0. The highest BCUT2D eigenvalue weighted by molar-refractivity contribution is 7.09. The average molecular weight is 360 g/mol. The molecular weight excluding hydrogens is 330 g/mol. The van der Waals surface area contributed by atoms with Crippen molar-refractivity contribution in [3.8, 4) is 0 Å². The molecule has 1 aromatic carbocycles. The van der Waals surface area contributed by atoms with E-state index in [4.69, 9.17) is 4.99 Å². The standard InChI is InChI=1S/C19H29N5S/c1-6-20-19(24(5)13-17-14-25-15(2)22-17)21-12-18(23(3)4)16-10-8-7-9-11-16/h7-11,14,18H,6,12-13H2,1-5H3,(H,20,21). The van der Waals surface area contributed by atoms with E-state index in [0.717, 1.165) is 29.8 Å². The Kier molecular flexibility index (Phi) is 7.40. The predicted octanol–water partition coefficient (Wildman–Crippen LogP) is 3.15. The SMILES string of the molecule is CCNC(=NCC(c1ccccc1)N(C)C)N(C)Cc1csc(C)n1. The fourth-order valence-electron chi connectivity index (χ4n) is 2.68. The molecule has 0 saturated carbocycles. The molecule has 0 aliphatic heterocycles. The molecule has 0 radical (unpaired) electrons. The molecule has 0 spiro atoms. The monoisotopic (exact) mass is 359 g/mol. The molecule has 5 nitrogen and oxygen atoms in total. The van der Waals surface area contributed by atoms with Crippen LogP contribution in [0, 0.1) is 6.92 Å². The number of hydrogen-bond donors (Lipinski definition) is 1. The number of aryl methyl sites for hydroxylation is 1. The number of aliphatic imine (C=N–C) groups is 1. The summed E-state index contributed by atoms with van der Waals surface area (Å²) in [5.41, 5.74) is 2.37. The largest absolute Gasteiger partial charge is 0.357 e. The summed E-state index contributed by atoms with van der Waals surface area (Å²) < 4.78 is 0. The highest BCUT2D eigenvalue weighted by Crippen LogP contribution is 2.18. The van der Waals surface area contributed by atoms with E-state index >= 15 is 0 Å². The predicted molar refractivity (Wildman–Crippen MR) is 107 cm³/mol. The van der Waals surface area contributed by atoms with Crippen molar-refractivity contribution in [1.82, 2.24) is 20.1 Å². The van der Waals surface area contributed by atoms with Crippen molar-refractivity contribution in [1.29, 1.82) is 0 Å². The second-order valence-electron chi connectivity index (χ2n) is 6.30. The topological polar surface area (TPSA) is 43.8 Å². The van der Waals surface area contributed by atoms with Crippen LogP contribution in [0.25, 0.3) is 0 Å². The van der Waals surface area contributed by atoms with Gasteiger partial charge in [0, 0.05) is 19.0 Å². The second-order valence-corrected chi connectivity index (χ2v) is 7.36. The minimum atomic E-state index is 0.254. The molecule has 1 N–H and O–H groups in total. The lowest BCUT2D eigenvalue weighted by atomic mass is 10.1. The average Bonchev–Trinajstić information content (AvgIpc) is 2.99. The van der Waals surface area contributed by atoms with Crippen molar-refractivity contribution in [3.05, 3.63) is 52.0 Å². The second kappa shape index (κ2) is 9.53. The van der Waals surface area contributed by atoms with Gasteiger partial charge in [0.25, 0.3) is 0 Å². The summed E-state index contributed by atoms with van der Waals surface area (Å²) in [4.78, 5) is 13.8. The lowest BCUT2D eigenvalue weighted by Gasteiger charge is -2.25. The molecule has 0 fully saturated rings. The van der Waals surface area contributed by atoms with Gasteiger partial charge in [0.2, 0.25) is 0 Å². The molecule has 0 saturated heterocycles. The third-order valence-corrected chi connectivity index (χ3v) is 4.81. The number of nitrogens with zero attached hydrogens (tertiary/aromatic N) is 4. The van der Waals surface area contributed by atoms with E-state index < -0.39 is 0 Å². The van der Waals surface area contributed by atoms with Crippen molar-refractivity contribution in [2.75, 3.05) is 34.2 Å². The Labute approximate surface area is 155 Å². The number of aromatic nitrogens is 1. The Morgan fingerprint density at radius 3 is 2.52 bits per heavy atom. The van der Waals surface area contributed by atoms with E-state index in [9.17, 15) is 0 Å². The van der Waals surface area contributed by atoms with Crippen LogP contribution in [0.4, 0.5) is 0 Å². The fourth-order valence-corrected chi connectivity index (χ4v) is 3.29. The van der Waals surface area contributed by atoms with Crippen LogP contribution in [0.3, 0.4) is 0 Å². The van der Waals surface area contributed by atoms with Gasteiger partial charge in [-0.15, -0.1) is 11.3 Å². The maximum atomic E-state index is 4.88. The molecule has 0 bridgehead atoms. The molecule has 0 aliphatic carbocycles. The summed E-state index contributed by atoms with van der Waals surface area (Å²) in [5.74, 6) is 0.913. The van der Waals surface area contributed by atoms with Crippen LogP contribution in [0.5, 0.6) is 0 Å². The summed E-state index contributed by atoms with van der Waals surface area (Å²) in [6, 6.07) is 10.8. The van der Waals surface area contributed by atoms with Crippen molar-refractivity contribution in [3.63, 3.8) is 0 Å². The maximum Gasteiger partial charge on any atom is 0.194 e. The summed E-state index contributed by atoms with van der Waals surface area (Å²) >= 11 is 1.69. The Hall–Kier alpha value is -1.92.